The number of carbonyl (C=O) groups excluding carboxylic acids is 1. The van der Waals surface area contributed by atoms with Crippen molar-refractivity contribution >= 4 is 15.9 Å². The molecule has 0 bridgehead atoms. The van der Waals surface area contributed by atoms with Crippen molar-refractivity contribution in [3.05, 3.63) is 0 Å². The van der Waals surface area contributed by atoms with Crippen molar-refractivity contribution in [3.8, 4) is 12.3 Å². The number of terminal acetylenes is 1. The molecular formula is C9H14N2O3S. The fraction of sp³-hybridized carbons (Fsp3) is 0.667. The minimum atomic E-state index is -3.55. The molecule has 1 aliphatic rings. The number of likely N-dealkylation sites (tertiary alicyclic amines) is 1. The van der Waals surface area contributed by atoms with E-state index in [1.807, 2.05) is 0 Å². The smallest absolute Gasteiger partial charge is 0.234 e. The summed E-state index contributed by atoms with van der Waals surface area (Å²) in [5, 5.41) is 4.40. The first kappa shape index (κ1) is 12.0. The highest BCUT2D eigenvalue weighted by Crippen LogP contribution is 2.15. The van der Waals surface area contributed by atoms with Crippen molar-refractivity contribution in [2.75, 3.05) is 13.1 Å². The molecule has 1 rings (SSSR count). The van der Waals surface area contributed by atoms with Crippen LogP contribution in [0.5, 0.6) is 0 Å². The molecule has 6 heteroatoms. The lowest BCUT2D eigenvalue weighted by Gasteiger charge is -2.31. The second-order valence-electron chi connectivity index (χ2n) is 3.57. The first-order valence-corrected chi connectivity index (χ1v) is 6.29. The Morgan fingerprint density at radius 2 is 2.27 bits per heavy atom. The standard InChI is InChI=1S/C9H14N2O3S/c1-2-4-9(12)11-6-3-5-8(7-11)15(10,13)14/h1,8H,3-7H2,(H2,10,13,14). The number of nitrogens with zero attached hydrogens (tertiary/aromatic N) is 1. The Bertz CT molecular complexity index is 383. The van der Waals surface area contributed by atoms with Gasteiger partial charge in [0.25, 0.3) is 0 Å². The number of piperidine rings is 1. The van der Waals surface area contributed by atoms with Crippen molar-refractivity contribution < 1.29 is 13.2 Å². The summed E-state index contributed by atoms with van der Waals surface area (Å²) in [6, 6.07) is 0. The average Bonchev–Trinajstić information content (AvgIpc) is 2.17. The van der Waals surface area contributed by atoms with Crippen LogP contribution in [0.2, 0.25) is 0 Å². The van der Waals surface area contributed by atoms with Crippen LogP contribution in [0, 0.1) is 12.3 Å². The third-order valence-electron chi connectivity index (χ3n) is 2.45. The lowest BCUT2D eigenvalue weighted by Crippen LogP contribution is -2.46. The normalized spacial score (nSPS) is 22.1. The number of amides is 1. The Kier molecular flexibility index (Phi) is 3.72. The van der Waals surface area contributed by atoms with Crippen LogP contribution in [0.1, 0.15) is 19.3 Å². The molecular weight excluding hydrogens is 216 g/mol. The molecule has 1 heterocycles. The summed E-state index contributed by atoms with van der Waals surface area (Å²) in [6.45, 7) is 0.728. The number of carbonyl (C=O) groups is 1. The Balaban J connectivity index is 2.65. The minimum absolute atomic E-state index is 0.0112. The Labute approximate surface area is 89.7 Å². The predicted molar refractivity (Wildman–Crippen MR) is 56.2 cm³/mol. The topological polar surface area (TPSA) is 80.5 Å². The zero-order valence-corrected chi connectivity index (χ0v) is 9.16. The van der Waals surface area contributed by atoms with Gasteiger partial charge in [-0.15, -0.1) is 6.42 Å². The number of hydrogen-bond acceptors (Lipinski definition) is 3. The third-order valence-corrected chi connectivity index (χ3v) is 3.76. The van der Waals surface area contributed by atoms with Crippen molar-refractivity contribution in [1.82, 2.24) is 4.90 Å². The lowest BCUT2D eigenvalue weighted by molar-refractivity contribution is -0.130. The average molecular weight is 230 g/mol. The van der Waals surface area contributed by atoms with Gasteiger partial charge in [-0.2, -0.15) is 0 Å². The van der Waals surface area contributed by atoms with E-state index in [1.54, 1.807) is 0 Å². The number of primary sulfonamides is 1. The van der Waals surface area contributed by atoms with E-state index in [4.69, 9.17) is 11.6 Å². The number of hydrogen-bond donors (Lipinski definition) is 1. The van der Waals surface area contributed by atoms with Gasteiger partial charge in [0, 0.05) is 13.1 Å². The van der Waals surface area contributed by atoms with Crippen molar-refractivity contribution in [3.63, 3.8) is 0 Å². The van der Waals surface area contributed by atoms with Crippen LogP contribution in [0.15, 0.2) is 0 Å². The third kappa shape index (κ3) is 3.22. The SMILES string of the molecule is C#CCC(=O)N1CCCC(S(N)(=O)=O)C1. The Hall–Kier alpha value is -1.06. The van der Waals surface area contributed by atoms with Gasteiger partial charge in [-0.25, -0.2) is 13.6 Å². The zero-order chi connectivity index (χ0) is 11.5. The molecule has 1 atom stereocenters. The summed E-state index contributed by atoms with van der Waals surface area (Å²) < 4.78 is 22.2. The molecule has 0 aromatic rings. The summed E-state index contributed by atoms with van der Waals surface area (Å²) >= 11 is 0. The number of nitrogens with two attached hydrogens (primary N) is 1. The van der Waals surface area contributed by atoms with E-state index in [1.165, 1.54) is 4.90 Å². The van der Waals surface area contributed by atoms with Crippen LogP contribution in [0.3, 0.4) is 0 Å². The first-order valence-electron chi connectivity index (χ1n) is 4.68. The van der Waals surface area contributed by atoms with Gasteiger partial charge in [-0.3, -0.25) is 4.79 Å². The van der Waals surface area contributed by atoms with Crippen LogP contribution >= 0.6 is 0 Å². The summed E-state index contributed by atoms with van der Waals surface area (Å²) in [7, 11) is -3.55. The fourth-order valence-electron chi connectivity index (χ4n) is 1.63. The fourth-order valence-corrected chi connectivity index (χ4v) is 2.51. The molecule has 0 spiro atoms. The molecule has 1 amide bonds. The monoisotopic (exact) mass is 230 g/mol. The van der Waals surface area contributed by atoms with Gasteiger partial charge in [0.15, 0.2) is 0 Å². The first-order chi connectivity index (χ1) is 6.95. The molecule has 1 unspecified atom stereocenters. The molecule has 1 aliphatic heterocycles. The van der Waals surface area contributed by atoms with Gasteiger partial charge < -0.3 is 4.90 Å². The van der Waals surface area contributed by atoms with E-state index in [0.29, 0.717) is 19.4 Å². The summed E-state index contributed by atoms with van der Waals surface area (Å²) in [5.74, 6) is 2.04. The molecule has 0 aromatic heterocycles. The number of rotatable bonds is 2. The molecule has 84 valence electrons. The highest BCUT2D eigenvalue weighted by atomic mass is 32.2. The molecule has 0 aliphatic carbocycles. The molecule has 0 radical (unpaired) electrons. The van der Waals surface area contributed by atoms with Crippen LogP contribution in [0.4, 0.5) is 0 Å². The van der Waals surface area contributed by atoms with E-state index in [-0.39, 0.29) is 18.9 Å². The van der Waals surface area contributed by atoms with Crippen LogP contribution < -0.4 is 5.14 Å². The van der Waals surface area contributed by atoms with Crippen molar-refractivity contribution in [1.29, 1.82) is 0 Å². The zero-order valence-electron chi connectivity index (χ0n) is 8.35. The maximum atomic E-state index is 11.4. The van der Waals surface area contributed by atoms with E-state index >= 15 is 0 Å². The van der Waals surface area contributed by atoms with Crippen molar-refractivity contribution in [2.24, 2.45) is 5.14 Å². The van der Waals surface area contributed by atoms with E-state index in [0.717, 1.165) is 0 Å². The van der Waals surface area contributed by atoms with Crippen molar-refractivity contribution in [2.45, 2.75) is 24.5 Å². The maximum Gasteiger partial charge on any atom is 0.234 e. The van der Waals surface area contributed by atoms with Gasteiger partial charge >= 0.3 is 0 Å². The van der Waals surface area contributed by atoms with Crippen LogP contribution in [-0.2, 0) is 14.8 Å². The molecule has 0 aromatic carbocycles. The Morgan fingerprint density at radius 1 is 1.60 bits per heavy atom. The predicted octanol–water partition coefficient (Wildman–Crippen LogP) is -0.711. The maximum absolute atomic E-state index is 11.4. The largest absolute Gasteiger partial charge is 0.341 e. The Morgan fingerprint density at radius 3 is 2.80 bits per heavy atom. The second kappa shape index (κ2) is 4.64. The second-order valence-corrected chi connectivity index (χ2v) is 5.42. The summed E-state index contributed by atoms with van der Waals surface area (Å²) in [5.41, 5.74) is 0. The van der Waals surface area contributed by atoms with E-state index in [2.05, 4.69) is 5.92 Å². The highest BCUT2D eigenvalue weighted by molar-refractivity contribution is 7.89. The van der Waals surface area contributed by atoms with Crippen LogP contribution in [-0.4, -0.2) is 37.6 Å². The van der Waals surface area contributed by atoms with Crippen LogP contribution in [0.25, 0.3) is 0 Å². The van der Waals surface area contributed by atoms with Gasteiger partial charge in [-0.1, -0.05) is 5.92 Å². The molecule has 5 nitrogen and oxygen atoms in total. The minimum Gasteiger partial charge on any atom is -0.341 e. The molecule has 1 fully saturated rings. The molecule has 0 saturated carbocycles. The molecule has 15 heavy (non-hydrogen) atoms. The van der Waals surface area contributed by atoms with Gasteiger partial charge in [0.1, 0.15) is 0 Å². The van der Waals surface area contributed by atoms with E-state index in [9.17, 15) is 13.2 Å². The van der Waals surface area contributed by atoms with E-state index < -0.39 is 15.3 Å². The van der Waals surface area contributed by atoms with Gasteiger partial charge in [-0.05, 0) is 12.8 Å². The van der Waals surface area contributed by atoms with Gasteiger partial charge in [0.2, 0.25) is 15.9 Å². The quantitative estimate of drug-likeness (QED) is 0.636. The molecule has 1 saturated heterocycles. The number of sulfonamides is 1. The molecule has 2 N–H and O–H groups in total. The summed E-state index contributed by atoms with van der Waals surface area (Å²) in [4.78, 5) is 12.9. The van der Waals surface area contributed by atoms with Gasteiger partial charge in [0.05, 0.1) is 11.7 Å². The highest BCUT2D eigenvalue weighted by Gasteiger charge is 2.29. The lowest BCUT2D eigenvalue weighted by atomic mass is 10.1. The summed E-state index contributed by atoms with van der Waals surface area (Å²) in [6.07, 6.45) is 6.19.